The van der Waals surface area contributed by atoms with Crippen LogP contribution in [0.4, 0.5) is 0 Å². The lowest BCUT2D eigenvalue weighted by Gasteiger charge is -2.47. The molecule has 8 aliphatic rings. The van der Waals surface area contributed by atoms with Crippen LogP contribution in [-0.4, -0.2) is 201 Å². The van der Waals surface area contributed by atoms with Crippen LogP contribution in [0.3, 0.4) is 0 Å². The normalized spacial score (nSPS) is 48.2. The Hall–Kier alpha value is -7.16. The van der Waals surface area contributed by atoms with Gasteiger partial charge in [0, 0.05) is 220 Å². The summed E-state index contributed by atoms with van der Waals surface area (Å²) in [5.41, 5.74) is 16.8. The minimum absolute atomic E-state index is 0.0219. The van der Waals surface area contributed by atoms with E-state index in [0.717, 1.165) is 28.4 Å². The molecule has 0 amide bonds. The predicted octanol–water partition coefficient (Wildman–Crippen LogP) is 14.3. The molecule has 4 saturated heterocycles. The number of piperidine rings is 4. The fourth-order valence-electron chi connectivity index (χ4n) is 12.6. The third-order valence-corrected chi connectivity index (χ3v) is 18.1. The maximum absolute atomic E-state index is 13.8. The van der Waals surface area contributed by atoms with Crippen molar-refractivity contribution < 1.29 is 199 Å². The van der Waals surface area contributed by atoms with Crippen molar-refractivity contribution in [2.24, 2.45) is 93.7 Å². The van der Waals surface area contributed by atoms with Gasteiger partial charge in [-0.1, -0.05) is 110 Å². The molecule has 120 heavy (non-hydrogen) atoms. The average molecular weight is 1760 g/mol. The van der Waals surface area contributed by atoms with E-state index in [4.69, 9.17) is 189 Å². The van der Waals surface area contributed by atoms with E-state index in [2.05, 4.69) is 0 Å². The van der Waals surface area contributed by atoms with Gasteiger partial charge in [-0.2, -0.15) is 0 Å². The molecule has 20 atom stereocenters. The number of methoxy groups -OCH3 is 8. The lowest BCUT2D eigenvalue weighted by atomic mass is 9.79. The van der Waals surface area contributed by atoms with E-state index in [0.29, 0.717) is 48.0 Å². The van der Waals surface area contributed by atoms with Gasteiger partial charge in [0.05, 0.1) is 85.5 Å². The molecule has 0 radical (unpaired) electrons. The topological polar surface area (TPSA) is 296 Å². The van der Waals surface area contributed by atoms with Gasteiger partial charge in [0.25, 0.3) is 0 Å². The van der Waals surface area contributed by atoms with E-state index < -0.39 is 490 Å². The van der Waals surface area contributed by atoms with Crippen molar-refractivity contribution in [3.8, 4) is 46.0 Å². The van der Waals surface area contributed by atoms with Crippen LogP contribution in [0.1, 0.15) is 353 Å². The largest absolute Gasteiger partial charge is 0.493 e. The minimum atomic E-state index is -4.26. The van der Waals surface area contributed by atoms with E-state index in [-0.39, 0.29) is 28.4 Å². The molecule has 0 bridgehead atoms. The highest BCUT2D eigenvalue weighted by Crippen LogP contribution is 2.50. The molecule has 4 aromatic rings. The van der Waals surface area contributed by atoms with Gasteiger partial charge in [0.1, 0.15) is 48.4 Å². The lowest BCUT2D eigenvalue weighted by molar-refractivity contribution is -0.161. The van der Waals surface area contributed by atoms with Gasteiger partial charge >= 0.3 is 23.9 Å². The number of benzene rings is 4. The molecule has 672 valence electrons. The Morgan fingerprint density at radius 2 is 0.783 bits per heavy atom. The first-order chi connectivity index (χ1) is 91.9. The molecule has 0 spiro atoms. The summed E-state index contributed by atoms with van der Waals surface area (Å²) in [6.07, 6.45) is -46.3. The Labute approximate surface area is 845 Å². The fraction of sp³-hybridized carbons (Fsp3) is 0.708. The zero-order valence-corrected chi connectivity index (χ0v) is 65.9. The number of ether oxygens (including phenoxy) is 12. The zero-order chi connectivity index (χ0) is 166. The lowest BCUT2D eigenvalue weighted by Crippen LogP contribution is -2.51. The summed E-state index contributed by atoms with van der Waals surface area (Å²) >= 11 is 0. The van der Waals surface area contributed by atoms with Crippen molar-refractivity contribution in [3.63, 3.8) is 0 Å². The van der Waals surface area contributed by atoms with Crippen LogP contribution in [0.15, 0.2) is 48.4 Å². The number of fused-ring (bicyclic) bond motifs is 12. The molecule has 24 nitrogen and oxygen atoms in total. The number of carbonyl (C=O) groups is 4. The van der Waals surface area contributed by atoms with Crippen LogP contribution < -0.4 is 60.8 Å². The van der Waals surface area contributed by atoms with Crippen molar-refractivity contribution >= 4 is 23.9 Å². The van der Waals surface area contributed by atoms with Gasteiger partial charge in [-0.15, -0.1) is 0 Å². The van der Waals surface area contributed by atoms with Crippen LogP contribution in [0.5, 0.6) is 46.0 Å². The summed E-state index contributed by atoms with van der Waals surface area (Å²) in [5, 5.41) is 0. The van der Waals surface area contributed by atoms with Crippen LogP contribution in [0.2, 0.25) is 0 Å². The van der Waals surface area contributed by atoms with Gasteiger partial charge < -0.3 is 79.8 Å². The number of nitrogens with two attached hydrogens (primary N) is 4. The zero-order valence-electron chi connectivity index (χ0n) is 156. The van der Waals surface area contributed by atoms with Gasteiger partial charge in [0.15, 0.2) is 46.0 Å². The van der Waals surface area contributed by atoms with Crippen LogP contribution in [0.25, 0.3) is 0 Å². The highest BCUT2D eigenvalue weighted by molar-refractivity contribution is 5.77. The van der Waals surface area contributed by atoms with E-state index in [9.17, 15) is 32.9 Å². The SMILES string of the molecule is [2H]C1([2H])C2c3cc(OC)c(OC)cc3CCN2C([2H])([2H])C([2H])(C([2H])([2H])C([2H])(C)C([2H])([2H])[2H])C1OC(=O)[C@@]([2H])(N)C([2H])(C([2H])([2H])[2H])C([2H])([2H])[2H].[2H]c1c(OC)c(OC([2H])([2H])[2H])c([2H])c2c1C1([2H])CC(OC(=O)[C@@]([2H])(N)C([2H])(C([2H])([2H])[2H])C([2H])([2H])[2H])C(C([2H])([2H])C([2H])(C)C([2H])([2H])[2H])CN1C([2H])([2H])C2([2H])[2H].[2H]c1c(OC)c(OC([2H])([2H])[2H])c([2H])c2c1C1([2H])CC([2H])(OC(=O)[C@@]([2H])(N)C([2H])(C([2H])([2H])[2H])C([2H])([2H])[2H])C(C([2H])([2H])C([2H])(C)C([2H])([2H])[2H])CN1C([2H])([2H])C2([2H])[2H].[2H]c1c(OC)c(OC)c([2H])c2c1C1([2H])CC([2H])(OC(=O)[C@@]([2H])(N)C([2H])(C([2H])([2H])[2H])C([2H])([2H])[2H])C(C([2H])([2H])C([2H])(C)C([2H])([2H])[2H])CN1C([2H])([2H])C2([2H])[2H]. The molecule has 0 aliphatic carbocycles. The molecule has 4 fully saturated rings. The van der Waals surface area contributed by atoms with Gasteiger partial charge in [0.2, 0.25) is 0 Å². The van der Waals surface area contributed by atoms with Gasteiger partial charge in [-0.05, 0) is 191 Å². The van der Waals surface area contributed by atoms with Crippen molar-refractivity contribution in [2.45, 2.75) is 259 Å². The van der Waals surface area contributed by atoms with Crippen molar-refractivity contribution in [3.05, 3.63) is 92.9 Å². The summed E-state index contributed by atoms with van der Waals surface area (Å²) in [6, 6.07) is -31.6. The molecular weight excluding hydrogens is 1520 g/mol. The second-order valence-corrected chi connectivity index (χ2v) is 26.2. The maximum atomic E-state index is 13.8. The highest BCUT2D eigenvalue weighted by Gasteiger charge is 2.47. The van der Waals surface area contributed by atoms with Crippen LogP contribution in [-0.2, 0) is 63.7 Å². The molecule has 0 aromatic heterocycles. The van der Waals surface area contributed by atoms with Gasteiger partial charge in [-0.3, -0.25) is 38.8 Å². The van der Waals surface area contributed by atoms with Gasteiger partial charge in [-0.25, -0.2) is 0 Å². The number of nitrogens with zero attached hydrogens (tertiary/aromatic N) is 4. The fourth-order valence-corrected chi connectivity index (χ4v) is 12.6. The van der Waals surface area contributed by atoms with Crippen molar-refractivity contribution in [1.82, 2.24) is 19.6 Å². The smallest absolute Gasteiger partial charge is 0.323 e. The second-order valence-electron chi connectivity index (χ2n) is 26.2. The van der Waals surface area contributed by atoms with E-state index in [1.54, 1.807) is 0 Å². The Kier molecular flexibility index (Phi) is 11.6. The van der Waals surface area contributed by atoms with Crippen LogP contribution in [0, 0.1) is 70.8 Å². The summed E-state index contributed by atoms with van der Waals surface area (Å²) < 4.78 is 811. The van der Waals surface area contributed by atoms with Crippen molar-refractivity contribution in [1.29, 1.82) is 0 Å². The molecular formula is C96H152N8O16. The predicted molar refractivity (Wildman–Crippen MR) is 471 cm³/mol. The Balaban J connectivity index is 0.000000302. The average Bonchev–Trinajstić information content (AvgIpc) is 0.667. The summed E-state index contributed by atoms with van der Waals surface area (Å²) in [6.45, 7) is -63.5. The first-order valence-electron chi connectivity index (χ1n) is 80.3. The number of rotatable bonds is 28. The molecule has 8 N–H and O–H groups in total. The monoisotopic (exact) mass is 1760 g/mol. The molecule has 16 unspecified atom stereocenters. The third-order valence-electron chi connectivity index (χ3n) is 18.1. The Morgan fingerprint density at radius 1 is 0.433 bits per heavy atom. The van der Waals surface area contributed by atoms with E-state index in [1.807, 2.05) is 0 Å². The standard InChI is InChI=1S/4C24H38N2O4/c4*1-14(2)9-17-13-26-8-7-16-10-21(28-5)22(29-6)11-18(16)19(26)12-20(17)30-24(27)23(25)15(3)4/h4*10-11,14-15,17,19-20,23H,7-9,12-13,25H2,1-6H3/t4*17?,19?,20?,23-/m0000/s1/i1D3,3D3,4D3,5D3,7D2,8D2,9D2,10D,11D,14D,15D,19D,20D,23D;1D3,3D3,4D3,7D2,8D2,9D2,10D,11D,14D,15D,19D,20D,23D;1D3,3D3,4D3,5D3,7D2,8D2,9D2,10D,11D,14D,15D,19D,23D;1D3,3D3,4D3,9D2,12D2,13D2,14D,15D,17D,23D/t4*14?,17?,19?,20?,23-. The quantitative estimate of drug-likeness (QED) is 0.0303. The number of carbonyl (C=O) groups excluding carboxylic acids is 4. The molecule has 12 rings (SSSR count). The number of esters is 4. The summed E-state index contributed by atoms with van der Waals surface area (Å²) in [7, 11) is -0.396. The molecule has 0 saturated carbocycles. The van der Waals surface area contributed by atoms with E-state index >= 15 is 0 Å². The van der Waals surface area contributed by atoms with Crippen LogP contribution >= 0.6 is 0 Å². The summed E-state index contributed by atoms with van der Waals surface area (Å²) in [4.78, 5) is 56.6. The first kappa shape index (κ1) is 31.8. The highest BCUT2D eigenvalue weighted by atomic mass is 16.6. The maximum Gasteiger partial charge on any atom is 0.323 e. The third kappa shape index (κ3) is 23.8. The first-order valence-corrected chi connectivity index (χ1v) is 35.3. The van der Waals surface area contributed by atoms with Crippen molar-refractivity contribution in [2.75, 3.05) is 109 Å². The Bertz CT molecular complexity index is 8220. The molecule has 8 aliphatic heterocycles. The number of hydrogen-bond donors (Lipinski definition) is 4. The Morgan fingerprint density at radius 3 is 1.18 bits per heavy atom. The molecule has 24 heteroatoms. The minimum Gasteiger partial charge on any atom is -0.493 e. The molecule has 8 heterocycles. The second kappa shape index (κ2) is 43.9. The summed E-state index contributed by atoms with van der Waals surface area (Å²) in [5.74, 6) is -56.4. The number of hydrogen-bond acceptors (Lipinski definition) is 24. The van der Waals surface area contributed by atoms with E-state index in [1.165, 1.54) is 26.4 Å². The molecule has 4 aromatic carbocycles.